The SMILES string of the molecule is COc1cccc(-c2csc(Nc3cccc(C(F)(F)F)c3)n2)c1. The summed E-state index contributed by atoms with van der Waals surface area (Å²) in [6, 6.07) is 12.5. The zero-order valence-electron chi connectivity index (χ0n) is 12.6. The maximum atomic E-state index is 12.8. The van der Waals surface area contributed by atoms with Gasteiger partial charge >= 0.3 is 6.18 Å². The summed E-state index contributed by atoms with van der Waals surface area (Å²) in [6.45, 7) is 0. The molecule has 24 heavy (non-hydrogen) atoms. The van der Waals surface area contributed by atoms with Gasteiger partial charge in [0.1, 0.15) is 5.75 Å². The smallest absolute Gasteiger partial charge is 0.416 e. The van der Waals surface area contributed by atoms with Gasteiger partial charge < -0.3 is 10.1 Å². The monoisotopic (exact) mass is 350 g/mol. The van der Waals surface area contributed by atoms with E-state index < -0.39 is 11.7 Å². The molecule has 0 atom stereocenters. The summed E-state index contributed by atoms with van der Waals surface area (Å²) in [5.41, 5.74) is 1.25. The number of rotatable bonds is 4. The molecule has 0 bridgehead atoms. The highest BCUT2D eigenvalue weighted by atomic mass is 32.1. The Hall–Kier alpha value is -2.54. The molecule has 1 heterocycles. The van der Waals surface area contributed by atoms with Crippen LogP contribution in [0.5, 0.6) is 5.75 Å². The lowest BCUT2D eigenvalue weighted by atomic mass is 10.2. The lowest BCUT2D eigenvalue weighted by Gasteiger charge is -2.09. The van der Waals surface area contributed by atoms with Crippen LogP contribution in [0, 0.1) is 0 Å². The average Bonchev–Trinajstić information content (AvgIpc) is 3.03. The third-order valence-corrected chi connectivity index (χ3v) is 4.07. The molecule has 0 spiro atoms. The average molecular weight is 350 g/mol. The van der Waals surface area contributed by atoms with Crippen molar-refractivity contribution < 1.29 is 17.9 Å². The molecular formula is C17H13F3N2OS. The Morgan fingerprint density at radius 2 is 1.88 bits per heavy atom. The van der Waals surface area contributed by atoms with Crippen molar-refractivity contribution in [2.45, 2.75) is 6.18 Å². The number of hydrogen-bond donors (Lipinski definition) is 1. The number of benzene rings is 2. The van der Waals surface area contributed by atoms with Crippen molar-refractivity contribution in [3.8, 4) is 17.0 Å². The molecule has 124 valence electrons. The molecule has 3 nitrogen and oxygen atoms in total. The summed E-state index contributed by atoms with van der Waals surface area (Å²) in [5.74, 6) is 0.716. The van der Waals surface area contributed by atoms with Gasteiger partial charge in [-0.3, -0.25) is 0 Å². The van der Waals surface area contributed by atoms with E-state index in [-0.39, 0.29) is 0 Å². The molecule has 1 aromatic heterocycles. The molecule has 0 saturated carbocycles. The van der Waals surface area contributed by atoms with E-state index in [1.165, 1.54) is 17.4 Å². The molecule has 7 heteroatoms. The fourth-order valence-electron chi connectivity index (χ4n) is 2.14. The van der Waals surface area contributed by atoms with Gasteiger partial charge in [0.25, 0.3) is 0 Å². The first-order chi connectivity index (χ1) is 11.5. The molecule has 2 aromatic carbocycles. The maximum absolute atomic E-state index is 12.8. The normalized spacial score (nSPS) is 11.3. The third kappa shape index (κ3) is 3.68. The summed E-state index contributed by atoms with van der Waals surface area (Å²) in [5, 5.41) is 5.27. The Balaban J connectivity index is 1.81. The number of hydrogen-bond acceptors (Lipinski definition) is 4. The minimum absolute atomic E-state index is 0.344. The van der Waals surface area contributed by atoms with Gasteiger partial charge in [0.2, 0.25) is 0 Å². The van der Waals surface area contributed by atoms with E-state index in [2.05, 4.69) is 10.3 Å². The molecule has 0 fully saturated rings. The number of nitrogens with zero attached hydrogens (tertiary/aromatic N) is 1. The van der Waals surface area contributed by atoms with Crippen molar-refractivity contribution in [1.29, 1.82) is 0 Å². The fourth-order valence-corrected chi connectivity index (χ4v) is 2.88. The first-order valence-electron chi connectivity index (χ1n) is 7.00. The third-order valence-electron chi connectivity index (χ3n) is 3.31. The molecule has 0 aliphatic carbocycles. The second-order valence-electron chi connectivity index (χ2n) is 4.97. The van der Waals surface area contributed by atoms with E-state index >= 15 is 0 Å². The zero-order chi connectivity index (χ0) is 17.2. The second-order valence-corrected chi connectivity index (χ2v) is 5.83. The van der Waals surface area contributed by atoms with Crippen LogP contribution < -0.4 is 10.1 Å². The molecule has 0 amide bonds. The Morgan fingerprint density at radius 1 is 1.08 bits per heavy atom. The van der Waals surface area contributed by atoms with E-state index in [1.54, 1.807) is 13.2 Å². The highest BCUT2D eigenvalue weighted by Crippen LogP contribution is 2.33. The van der Waals surface area contributed by atoms with Crippen LogP contribution >= 0.6 is 11.3 Å². The minimum atomic E-state index is -4.37. The largest absolute Gasteiger partial charge is 0.497 e. The van der Waals surface area contributed by atoms with Crippen molar-refractivity contribution in [2.75, 3.05) is 12.4 Å². The zero-order valence-corrected chi connectivity index (χ0v) is 13.4. The van der Waals surface area contributed by atoms with E-state index in [4.69, 9.17) is 4.74 Å². The predicted molar refractivity (Wildman–Crippen MR) is 88.8 cm³/mol. The summed E-state index contributed by atoms with van der Waals surface area (Å²) >= 11 is 1.32. The van der Waals surface area contributed by atoms with Crippen LogP contribution in [0.1, 0.15) is 5.56 Å². The summed E-state index contributed by atoms with van der Waals surface area (Å²) < 4.78 is 43.4. The molecule has 0 saturated heterocycles. The Labute approximate surface area is 140 Å². The number of anilines is 2. The van der Waals surface area contributed by atoms with Crippen LogP contribution in [0.2, 0.25) is 0 Å². The van der Waals surface area contributed by atoms with Gasteiger partial charge in [-0.1, -0.05) is 18.2 Å². The fraction of sp³-hybridized carbons (Fsp3) is 0.118. The number of methoxy groups -OCH3 is 1. The van der Waals surface area contributed by atoms with Gasteiger partial charge in [-0.15, -0.1) is 11.3 Å². The van der Waals surface area contributed by atoms with E-state index in [1.807, 2.05) is 29.6 Å². The van der Waals surface area contributed by atoms with Gasteiger partial charge in [0.15, 0.2) is 5.13 Å². The van der Waals surface area contributed by atoms with Crippen molar-refractivity contribution in [3.63, 3.8) is 0 Å². The lowest BCUT2D eigenvalue weighted by molar-refractivity contribution is -0.137. The van der Waals surface area contributed by atoms with Crippen LogP contribution in [0.15, 0.2) is 53.9 Å². The number of ether oxygens (including phenoxy) is 1. The van der Waals surface area contributed by atoms with Crippen molar-refractivity contribution >= 4 is 22.2 Å². The van der Waals surface area contributed by atoms with Crippen LogP contribution in [-0.4, -0.2) is 12.1 Å². The highest BCUT2D eigenvalue weighted by molar-refractivity contribution is 7.14. The standard InChI is InChI=1S/C17H13F3N2OS/c1-23-14-7-2-4-11(8-14)15-10-24-16(22-15)21-13-6-3-5-12(9-13)17(18,19)20/h2-10H,1H3,(H,21,22). The molecule has 1 N–H and O–H groups in total. The molecule has 0 unspecified atom stereocenters. The van der Waals surface area contributed by atoms with Crippen molar-refractivity contribution in [1.82, 2.24) is 4.98 Å². The van der Waals surface area contributed by atoms with Crippen molar-refractivity contribution in [2.24, 2.45) is 0 Å². The molecule has 3 rings (SSSR count). The quantitative estimate of drug-likeness (QED) is 0.667. The van der Waals surface area contributed by atoms with E-state index in [0.717, 1.165) is 23.4 Å². The van der Waals surface area contributed by atoms with Gasteiger partial charge in [-0.25, -0.2) is 4.98 Å². The maximum Gasteiger partial charge on any atom is 0.416 e. The number of alkyl halides is 3. The van der Waals surface area contributed by atoms with Gasteiger partial charge in [0, 0.05) is 16.6 Å². The van der Waals surface area contributed by atoms with Gasteiger partial charge in [0.05, 0.1) is 18.4 Å². The van der Waals surface area contributed by atoms with Crippen LogP contribution in [-0.2, 0) is 6.18 Å². The molecule has 0 aliphatic rings. The Morgan fingerprint density at radius 3 is 2.62 bits per heavy atom. The summed E-state index contributed by atoms with van der Waals surface area (Å²) in [4.78, 5) is 4.41. The van der Waals surface area contributed by atoms with E-state index in [0.29, 0.717) is 16.6 Å². The van der Waals surface area contributed by atoms with Crippen LogP contribution in [0.3, 0.4) is 0 Å². The lowest BCUT2D eigenvalue weighted by Crippen LogP contribution is -2.05. The first kappa shape index (κ1) is 16.3. The second kappa shape index (κ2) is 6.52. The predicted octanol–water partition coefficient (Wildman–Crippen LogP) is 5.58. The first-order valence-corrected chi connectivity index (χ1v) is 7.88. The van der Waals surface area contributed by atoms with Crippen LogP contribution in [0.4, 0.5) is 24.0 Å². The summed E-state index contributed by atoms with van der Waals surface area (Å²) in [6.07, 6.45) is -4.37. The van der Waals surface area contributed by atoms with Crippen molar-refractivity contribution in [3.05, 3.63) is 59.5 Å². The molecular weight excluding hydrogens is 337 g/mol. The number of nitrogens with one attached hydrogen (secondary N) is 1. The molecule has 0 radical (unpaired) electrons. The van der Waals surface area contributed by atoms with E-state index in [9.17, 15) is 13.2 Å². The number of halogens is 3. The topological polar surface area (TPSA) is 34.1 Å². The summed E-state index contributed by atoms with van der Waals surface area (Å²) in [7, 11) is 1.58. The minimum Gasteiger partial charge on any atom is -0.497 e. The number of thiazole rings is 1. The van der Waals surface area contributed by atoms with Gasteiger partial charge in [-0.2, -0.15) is 13.2 Å². The molecule has 0 aliphatic heterocycles. The highest BCUT2D eigenvalue weighted by Gasteiger charge is 2.30. The van der Waals surface area contributed by atoms with Gasteiger partial charge in [-0.05, 0) is 30.3 Å². The Kier molecular flexibility index (Phi) is 4.44. The Bertz CT molecular complexity index is 846. The number of aromatic nitrogens is 1. The molecule has 3 aromatic rings. The van der Waals surface area contributed by atoms with Crippen LogP contribution in [0.25, 0.3) is 11.3 Å².